The molecular weight excluding hydrogens is 308 g/mol. The molecule has 8 heteroatoms. The predicted octanol–water partition coefficient (Wildman–Crippen LogP) is 1.45. The molecule has 24 heavy (non-hydrogen) atoms. The Hall–Kier alpha value is -1.96. The molecule has 0 aromatic carbocycles. The van der Waals surface area contributed by atoms with Gasteiger partial charge in [-0.2, -0.15) is 5.10 Å². The molecule has 1 aliphatic carbocycles. The zero-order valence-corrected chi connectivity index (χ0v) is 14.5. The highest BCUT2D eigenvalue weighted by Crippen LogP contribution is 2.36. The van der Waals surface area contributed by atoms with Crippen LogP contribution in [0, 0.1) is 12.8 Å². The molecule has 8 nitrogen and oxygen atoms in total. The Morgan fingerprint density at radius 1 is 1.25 bits per heavy atom. The van der Waals surface area contributed by atoms with Gasteiger partial charge in [-0.15, -0.1) is 10.2 Å². The first-order valence-corrected chi connectivity index (χ1v) is 8.79. The Morgan fingerprint density at radius 3 is 2.67 bits per heavy atom. The zero-order chi connectivity index (χ0) is 16.8. The van der Waals surface area contributed by atoms with Gasteiger partial charge in [0.25, 0.3) is 0 Å². The largest absolute Gasteiger partial charge is 0.370 e. The fraction of sp³-hybridized carbons (Fsp3) is 0.750. The Balaban J connectivity index is 1.69. The van der Waals surface area contributed by atoms with E-state index in [0.717, 1.165) is 43.3 Å². The molecule has 1 saturated carbocycles. The quantitative estimate of drug-likeness (QED) is 0.828. The summed E-state index contributed by atoms with van der Waals surface area (Å²) in [7, 11) is 0. The van der Waals surface area contributed by atoms with Crippen molar-refractivity contribution in [1.82, 2.24) is 29.1 Å². The maximum absolute atomic E-state index is 12.7. The van der Waals surface area contributed by atoms with Gasteiger partial charge in [-0.1, -0.05) is 6.92 Å². The smallest absolute Gasteiger partial charge is 0.346 e. The van der Waals surface area contributed by atoms with E-state index < -0.39 is 0 Å². The number of nitrogens with zero attached hydrogens (tertiary/aromatic N) is 6. The molecule has 2 aromatic heterocycles. The highest BCUT2D eigenvalue weighted by atomic mass is 16.5. The van der Waals surface area contributed by atoms with Crippen molar-refractivity contribution in [2.45, 2.75) is 65.3 Å². The third-order valence-corrected chi connectivity index (χ3v) is 5.05. The van der Waals surface area contributed by atoms with Crippen molar-refractivity contribution >= 4 is 0 Å². The first-order valence-electron chi connectivity index (χ1n) is 8.79. The van der Waals surface area contributed by atoms with E-state index in [1.807, 2.05) is 13.8 Å². The first-order chi connectivity index (χ1) is 11.6. The Kier molecular flexibility index (Phi) is 3.79. The summed E-state index contributed by atoms with van der Waals surface area (Å²) in [5.41, 5.74) is -0.0989. The molecule has 1 saturated heterocycles. The number of rotatable bonds is 5. The van der Waals surface area contributed by atoms with Crippen LogP contribution < -0.4 is 5.69 Å². The van der Waals surface area contributed by atoms with Crippen LogP contribution in [-0.4, -0.2) is 35.7 Å². The second-order valence-corrected chi connectivity index (χ2v) is 6.86. The number of aryl methyl sites for hydroxylation is 1. The highest BCUT2D eigenvalue weighted by molar-refractivity contribution is 5.03. The van der Waals surface area contributed by atoms with E-state index in [0.29, 0.717) is 25.0 Å². The van der Waals surface area contributed by atoms with E-state index in [2.05, 4.69) is 26.8 Å². The highest BCUT2D eigenvalue weighted by Gasteiger charge is 2.32. The van der Waals surface area contributed by atoms with Crippen LogP contribution in [0.2, 0.25) is 0 Å². The standard InChI is InChI=1S/C16H24N6O2/c1-4-20-15(14-10(2)7-8-24-14)19-21(16(20)23)9-13-18-17-11(3)22(13)12-5-6-12/h10,12,14H,4-9H2,1-3H3/t10-,14+/m1/s1. The molecule has 130 valence electrons. The van der Waals surface area contributed by atoms with Gasteiger partial charge in [-0.3, -0.25) is 4.57 Å². The topological polar surface area (TPSA) is 79.8 Å². The Bertz CT molecular complexity index is 800. The van der Waals surface area contributed by atoms with Crippen LogP contribution in [0.15, 0.2) is 4.79 Å². The third kappa shape index (κ3) is 2.49. The van der Waals surface area contributed by atoms with E-state index in [-0.39, 0.29) is 11.8 Å². The van der Waals surface area contributed by atoms with Gasteiger partial charge in [0.2, 0.25) is 0 Å². The van der Waals surface area contributed by atoms with Gasteiger partial charge in [-0.05, 0) is 39.0 Å². The van der Waals surface area contributed by atoms with Crippen molar-refractivity contribution in [1.29, 1.82) is 0 Å². The summed E-state index contributed by atoms with van der Waals surface area (Å²) < 4.78 is 11.2. The number of hydrogen-bond acceptors (Lipinski definition) is 5. The normalized spacial score (nSPS) is 24.0. The first kappa shape index (κ1) is 15.6. The van der Waals surface area contributed by atoms with Crippen LogP contribution in [0.25, 0.3) is 0 Å². The van der Waals surface area contributed by atoms with E-state index in [1.165, 1.54) is 4.68 Å². The molecule has 2 fully saturated rings. The maximum atomic E-state index is 12.7. The lowest BCUT2D eigenvalue weighted by molar-refractivity contribution is 0.0836. The average Bonchev–Trinajstić information content (AvgIpc) is 3.09. The van der Waals surface area contributed by atoms with Crippen LogP contribution in [-0.2, 0) is 17.8 Å². The lowest BCUT2D eigenvalue weighted by atomic mass is 10.0. The Morgan fingerprint density at radius 2 is 2.04 bits per heavy atom. The fourth-order valence-corrected chi connectivity index (χ4v) is 3.56. The molecule has 0 radical (unpaired) electrons. The summed E-state index contributed by atoms with van der Waals surface area (Å²) in [6.07, 6.45) is 3.22. The lowest BCUT2D eigenvalue weighted by Gasteiger charge is -2.13. The number of ether oxygens (including phenoxy) is 1. The molecule has 0 bridgehead atoms. The molecule has 1 aliphatic heterocycles. The molecule has 4 rings (SSSR count). The van der Waals surface area contributed by atoms with E-state index in [9.17, 15) is 4.79 Å². The zero-order valence-electron chi connectivity index (χ0n) is 14.5. The van der Waals surface area contributed by atoms with Crippen molar-refractivity contribution in [3.63, 3.8) is 0 Å². The predicted molar refractivity (Wildman–Crippen MR) is 86.8 cm³/mol. The van der Waals surface area contributed by atoms with Crippen LogP contribution in [0.5, 0.6) is 0 Å². The van der Waals surface area contributed by atoms with Crippen molar-refractivity contribution in [2.24, 2.45) is 5.92 Å². The second kappa shape index (κ2) is 5.84. The summed E-state index contributed by atoms with van der Waals surface area (Å²) in [5.74, 6) is 2.83. The van der Waals surface area contributed by atoms with Gasteiger partial charge < -0.3 is 9.30 Å². The van der Waals surface area contributed by atoms with Gasteiger partial charge in [0.15, 0.2) is 11.6 Å². The van der Waals surface area contributed by atoms with E-state index >= 15 is 0 Å². The van der Waals surface area contributed by atoms with E-state index in [4.69, 9.17) is 4.74 Å². The Labute approximate surface area is 140 Å². The third-order valence-electron chi connectivity index (χ3n) is 5.05. The molecule has 0 unspecified atom stereocenters. The summed E-state index contributed by atoms with van der Waals surface area (Å²) in [6, 6.07) is 0.483. The van der Waals surface area contributed by atoms with Crippen molar-refractivity contribution in [2.75, 3.05) is 6.61 Å². The number of hydrogen-bond donors (Lipinski definition) is 0. The molecule has 2 atom stereocenters. The minimum Gasteiger partial charge on any atom is -0.370 e. The van der Waals surface area contributed by atoms with Gasteiger partial charge in [0, 0.05) is 19.2 Å². The average molecular weight is 332 g/mol. The molecular formula is C16H24N6O2. The maximum Gasteiger partial charge on any atom is 0.346 e. The van der Waals surface area contributed by atoms with Crippen LogP contribution in [0.1, 0.15) is 62.7 Å². The van der Waals surface area contributed by atoms with Gasteiger partial charge >= 0.3 is 5.69 Å². The molecule has 3 heterocycles. The van der Waals surface area contributed by atoms with Crippen LogP contribution in [0.4, 0.5) is 0 Å². The van der Waals surface area contributed by atoms with Crippen LogP contribution in [0.3, 0.4) is 0 Å². The van der Waals surface area contributed by atoms with Crippen molar-refractivity contribution < 1.29 is 4.74 Å². The van der Waals surface area contributed by atoms with Gasteiger partial charge in [0.05, 0.1) is 0 Å². The van der Waals surface area contributed by atoms with Crippen molar-refractivity contribution in [3.05, 3.63) is 28.0 Å². The molecule has 0 amide bonds. The summed E-state index contributed by atoms with van der Waals surface area (Å²) in [4.78, 5) is 12.7. The molecule has 2 aliphatic rings. The van der Waals surface area contributed by atoms with Gasteiger partial charge in [0.1, 0.15) is 18.5 Å². The summed E-state index contributed by atoms with van der Waals surface area (Å²) in [6.45, 7) is 7.75. The minimum absolute atomic E-state index is 0.0954. The van der Waals surface area contributed by atoms with Crippen LogP contribution >= 0.6 is 0 Å². The SMILES string of the molecule is CCn1c([C@H]2OCC[C@H]2C)nn(Cc2nnc(C)n2C2CC2)c1=O. The van der Waals surface area contributed by atoms with Gasteiger partial charge in [-0.25, -0.2) is 9.48 Å². The lowest BCUT2D eigenvalue weighted by Crippen LogP contribution is -2.27. The van der Waals surface area contributed by atoms with E-state index in [1.54, 1.807) is 4.57 Å². The fourth-order valence-electron chi connectivity index (χ4n) is 3.56. The summed E-state index contributed by atoms with van der Waals surface area (Å²) >= 11 is 0. The minimum atomic E-state index is -0.0989. The molecule has 0 N–H and O–H groups in total. The summed E-state index contributed by atoms with van der Waals surface area (Å²) in [5, 5.41) is 13.0. The molecule has 0 spiro atoms. The second-order valence-electron chi connectivity index (χ2n) is 6.86. The monoisotopic (exact) mass is 332 g/mol. The number of aromatic nitrogens is 6. The molecule has 2 aromatic rings. The van der Waals surface area contributed by atoms with Crippen molar-refractivity contribution in [3.8, 4) is 0 Å².